The Morgan fingerprint density at radius 2 is 1.94 bits per heavy atom. The number of benzene rings is 2. The number of aromatic amines is 1. The van der Waals surface area contributed by atoms with E-state index >= 15 is 0 Å². The number of H-pyrrole nitrogens is 1. The van der Waals surface area contributed by atoms with Crippen LogP contribution in [0.15, 0.2) is 66.0 Å². The number of thioether (sulfide) groups is 1. The summed E-state index contributed by atoms with van der Waals surface area (Å²) in [5, 5.41) is 17.9. The first-order valence-corrected chi connectivity index (χ1v) is 11.5. The summed E-state index contributed by atoms with van der Waals surface area (Å²) >= 11 is 1.35. The van der Waals surface area contributed by atoms with Crippen molar-refractivity contribution in [3.8, 4) is 17.1 Å². The Labute approximate surface area is 195 Å². The van der Waals surface area contributed by atoms with E-state index in [-0.39, 0.29) is 11.7 Å². The maximum absolute atomic E-state index is 12.6. The molecule has 0 spiro atoms. The van der Waals surface area contributed by atoms with Crippen LogP contribution in [0.1, 0.15) is 11.3 Å². The zero-order valence-electron chi connectivity index (χ0n) is 18.5. The highest BCUT2D eigenvalue weighted by atomic mass is 32.2. The summed E-state index contributed by atoms with van der Waals surface area (Å²) < 4.78 is 3.66. The van der Waals surface area contributed by atoms with E-state index in [2.05, 4.69) is 50.7 Å². The number of hydrogen-bond donors (Lipinski definition) is 2. The number of carbonyl (C=O) groups is 1. The minimum Gasteiger partial charge on any atom is -0.360 e. The summed E-state index contributed by atoms with van der Waals surface area (Å²) in [4.78, 5) is 15.9. The molecule has 5 aromatic rings. The van der Waals surface area contributed by atoms with Gasteiger partial charge in [0.05, 0.1) is 11.4 Å². The number of aromatic nitrogens is 6. The number of fused-ring (bicyclic) bond motifs is 1. The van der Waals surface area contributed by atoms with Crippen LogP contribution in [0.25, 0.3) is 28.0 Å². The molecule has 0 atom stereocenters. The first kappa shape index (κ1) is 21.0. The molecule has 2 N–H and O–H groups in total. The van der Waals surface area contributed by atoms with Crippen molar-refractivity contribution >= 4 is 34.4 Å². The van der Waals surface area contributed by atoms with E-state index in [9.17, 15) is 4.79 Å². The third-order valence-electron chi connectivity index (χ3n) is 5.33. The molecular formula is C24H23N7OS. The normalized spacial score (nSPS) is 11.2. The molecule has 0 unspecified atom stereocenters. The van der Waals surface area contributed by atoms with Gasteiger partial charge in [-0.2, -0.15) is 5.10 Å². The smallest absolute Gasteiger partial charge is 0.235 e. The molecule has 0 aliphatic carbocycles. The van der Waals surface area contributed by atoms with E-state index in [1.54, 1.807) is 11.7 Å². The molecular weight excluding hydrogens is 434 g/mol. The average Bonchev–Trinajstić information content (AvgIpc) is 3.48. The third kappa shape index (κ3) is 4.14. The first-order valence-electron chi connectivity index (χ1n) is 10.5. The molecule has 3 aromatic heterocycles. The van der Waals surface area contributed by atoms with Crippen LogP contribution in [-0.2, 0) is 11.8 Å². The van der Waals surface area contributed by atoms with Gasteiger partial charge in [-0.3, -0.25) is 14.0 Å². The number of carbonyl (C=O) groups excluding carboxylic acids is 1. The number of rotatable bonds is 6. The zero-order valence-corrected chi connectivity index (χ0v) is 19.3. The second kappa shape index (κ2) is 8.59. The van der Waals surface area contributed by atoms with Gasteiger partial charge in [-0.25, -0.2) is 0 Å². The Bertz CT molecular complexity index is 1460. The molecule has 0 bridgehead atoms. The van der Waals surface area contributed by atoms with Crippen molar-refractivity contribution in [2.45, 2.75) is 19.0 Å². The van der Waals surface area contributed by atoms with Crippen LogP contribution in [0.4, 0.5) is 5.82 Å². The van der Waals surface area contributed by atoms with Gasteiger partial charge in [0, 0.05) is 41.5 Å². The van der Waals surface area contributed by atoms with Crippen LogP contribution < -0.4 is 5.32 Å². The van der Waals surface area contributed by atoms with Crippen LogP contribution in [0, 0.1) is 13.8 Å². The van der Waals surface area contributed by atoms with E-state index in [0.29, 0.717) is 11.0 Å². The maximum atomic E-state index is 12.6. The Morgan fingerprint density at radius 1 is 1.09 bits per heavy atom. The minimum atomic E-state index is -0.129. The van der Waals surface area contributed by atoms with Crippen LogP contribution in [0.2, 0.25) is 0 Å². The van der Waals surface area contributed by atoms with E-state index < -0.39 is 0 Å². The summed E-state index contributed by atoms with van der Waals surface area (Å²) in [5.74, 6) is 1.46. The van der Waals surface area contributed by atoms with Crippen molar-refractivity contribution < 1.29 is 4.79 Å². The lowest BCUT2D eigenvalue weighted by Gasteiger charge is -2.11. The van der Waals surface area contributed by atoms with Gasteiger partial charge in [0.1, 0.15) is 5.82 Å². The van der Waals surface area contributed by atoms with Gasteiger partial charge in [-0.15, -0.1) is 10.2 Å². The molecule has 8 nitrogen and oxygen atoms in total. The van der Waals surface area contributed by atoms with Gasteiger partial charge in [0.2, 0.25) is 5.91 Å². The van der Waals surface area contributed by atoms with E-state index in [4.69, 9.17) is 0 Å². The fourth-order valence-electron chi connectivity index (χ4n) is 3.83. The second-order valence-corrected chi connectivity index (χ2v) is 8.80. The molecule has 33 heavy (non-hydrogen) atoms. The van der Waals surface area contributed by atoms with Gasteiger partial charge in [-0.05, 0) is 37.6 Å². The third-order valence-corrected chi connectivity index (χ3v) is 6.25. The molecule has 0 radical (unpaired) electrons. The zero-order chi connectivity index (χ0) is 22.9. The van der Waals surface area contributed by atoms with Gasteiger partial charge in [0.15, 0.2) is 11.0 Å². The molecule has 0 saturated heterocycles. The highest BCUT2D eigenvalue weighted by molar-refractivity contribution is 7.99. The van der Waals surface area contributed by atoms with Crippen molar-refractivity contribution in [1.82, 2.24) is 29.5 Å². The van der Waals surface area contributed by atoms with Gasteiger partial charge >= 0.3 is 0 Å². The Kier molecular flexibility index (Phi) is 5.47. The van der Waals surface area contributed by atoms with Crippen LogP contribution >= 0.6 is 11.8 Å². The number of hydrogen-bond acceptors (Lipinski definition) is 5. The average molecular weight is 458 g/mol. The van der Waals surface area contributed by atoms with Crippen molar-refractivity contribution in [1.29, 1.82) is 0 Å². The number of nitrogens with zero attached hydrogens (tertiary/aromatic N) is 5. The quantitative estimate of drug-likeness (QED) is 0.366. The SMILES string of the molecule is Cc1cccc(-n2c(SCC(=O)Nc3cc(C)nn3C)nnc2-c2c[nH]c3ccccc23)c1. The number of para-hydroxylation sites is 1. The maximum Gasteiger partial charge on any atom is 0.235 e. The van der Waals surface area contributed by atoms with E-state index in [1.165, 1.54) is 11.8 Å². The molecule has 5 rings (SSSR count). The molecule has 9 heteroatoms. The summed E-state index contributed by atoms with van der Waals surface area (Å²) in [6.45, 7) is 3.94. The molecule has 1 amide bonds. The molecule has 0 saturated carbocycles. The largest absolute Gasteiger partial charge is 0.360 e. The lowest BCUT2D eigenvalue weighted by atomic mass is 10.1. The van der Waals surface area contributed by atoms with Crippen LogP contribution in [0.5, 0.6) is 0 Å². The summed E-state index contributed by atoms with van der Waals surface area (Å²) in [6, 6.07) is 18.1. The predicted molar refractivity (Wildman–Crippen MR) is 131 cm³/mol. The Hall–Kier alpha value is -3.85. The number of nitrogens with one attached hydrogen (secondary N) is 2. The van der Waals surface area contributed by atoms with Crippen LogP contribution in [-0.4, -0.2) is 41.2 Å². The summed E-state index contributed by atoms with van der Waals surface area (Å²) in [5.41, 5.74) is 4.92. The summed E-state index contributed by atoms with van der Waals surface area (Å²) in [6.07, 6.45) is 1.95. The highest BCUT2D eigenvalue weighted by Gasteiger charge is 2.20. The van der Waals surface area contributed by atoms with Gasteiger partial charge < -0.3 is 10.3 Å². The molecule has 0 aliphatic heterocycles. The second-order valence-electron chi connectivity index (χ2n) is 7.86. The Morgan fingerprint density at radius 3 is 2.73 bits per heavy atom. The van der Waals surface area contributed by atoms with E-state index in [1.807, 2.05) is 54.1 Å². The fourth-order valence-corrected chi connectivity index (χ4v) is 4.58. The Balaban J connectivity index is 1.49. The molecule has 0 aliphatic rings. The van der Waals surface area contributed by atoms with Gasteiger partial charge in [-0.1, -0.05) is 42.1 Å². The topological polar surface area (TPSA) is 93.4 Å². The highest BCUT2D eigenvalue weighted by Crippen LogP contribution is 2.32. The number of amides is 1. The fraction of sp³-hybridized carbons (Fsp3) is 0.167. The van der Waals surface area contributed by atoms with E-state index in [0.717, 1.165) is 39.2 Å². The molecule has 2 aromatic carbocycles. The lowest BCUT2D eigenvalue weighted by molar-refractivity contribution is -0.113. The lowest BCUT2D eigenvalue weighted by Crippen LogP contribution is -2.16. The molecule has 166 valence electrons. The summed E-state index contributed by atoms with van der Waals surface area (Å²) in [7, 11) is 1.80. The van der Waals surface area contributed by atoms with Crippen molar-refractivity contribution in [3.63, 3.8) is 0 Å². The standard InChI is InChI=1S/C24H23N7OS/c1-15-7-6-8-17(11-15)31-23(19-13-25-20-10-5-4-9-18(19)20)27-28-24(31)33-14-22(32)26-21-12-16(2)29-30(21)3/h4-13,25H,14H2,1-3H3,(H,26,32). The van der Waals surface area contributed by atoms with Crippen LogP contribution in [0.3, 0.4) is 0 Å². The first-order chi connectivity index (χ1) is 16.0. The number of anilines is 1. The monoisotopic (exact) mass is 457 g/mol. The predicted octanol–water partition coefficient (Wildman–Crippen LogP) is 4.50. The molecule has 0 fully saturated rings. The van der Waals surface area contributed by atoms with Crippen molar-refractivity contribution in [2.75, 3.05) is 11.1 Å². The number of aryl methyl sites for hydroxylation is 3. The minimum absolute atomic E-state index is 0.129. The van der Waals surface area contributed by atoms with Crippen molar-refractivity contribution in [3.05, 3.63) is 72.1 Å². The van der Waals surface area contributed by atoms with Gasteiger partial charge in [0.25, 0.3) is 0 Å². The van der Waals surface area contributed by atoms with Crippen molar-refractivity contribution in [2.24, 2.45) is 7.05 Å². The molecule has 3 heterocycles.